The number of nitrogens with zero attached hydrogens (tertiary/aromatic N) is 2. The van der Waals surface area contributed by atoms with Crippen molar-refractivity contribution in [2.24, 2.45) is 0 Å². The van der Waals surface area contributed by atoms with Crippen LogP contribution in [0.25, 0.3) is 11.3 Å². The molecule has 7 heteroatoms. The van der Waals surface area contributed by atoms with Crippen molar-refractivity contribution in [3.05, 3.63) is 107 Å². The Balaban J connectivity index is 1.59. The van der Waals surface area contributed by atoms with Gasteiger partial charge in [-0.25, -0.2) is 4.79 Å². The zero-order valence-corrected chi connectivity index (χ0v) is 19.5. The fourth-order valence-corrected chi connectivity index (χ4v) is 4.78. The Labute approximate surface area is 202 Å². The lowest BCUT2D eigenvalue weighted by Gasteiger charge is -2.26. The van der Waals surface area contributed by atoms with E-state index in [1.807, 2.05) is 49.4 Å². The molecule has 2 aromatic heterocycles. The SMILES string of the molecule is Cc1cccc(N2C(=S)N[C@H](c3ccccn3)[C@H]2c2ccc(-c3ccc(C(=O)O)cc3C)o2)c1. The molecule has 5 rings (SSSR count). The molecule has 0 amide bonds. The van der Waals surface area contributed by atoms with E-state index >= 15 is 0 Å². The number of nitrogens with one attached hydrogen (secondary N) is 1. The number of aromatic carboxylic acids is 1. The van der Waals surface area contributed by atoms with Crippen molar-refractivity contribution in [3.63, 3.8) is 0 Å². The van der Waals surface area contributed by atoms with E-state index in [1.165, 1.54) is 0 Å². The number of aryl methyl sites for hydroxylation is 2. The van der Waals surface area contributed by atoms with Crippen LogP contribution in [0.15, 0.2) is 83.4 Å². The predicted molar refractivity (Wildman–Crippen MR) is 135 cm³/mol. The van der Waals surface area contributed by atoms with Crippen molar-refractivity contribution >= 4 is 29.0 Å². The van der Waals surface area contributed by atoms with Gasteiger partial charge in [-0.3, -0.25) is 4.98 Å². The van der Waals surface area contributed by atoms with Crippen LogP contribution in [-0.2, 0) is 0 Å². The Morgan fingerprint density at radius 1 is 1.06 bits per heavy atom. The van der Waals surface area contributed by atoms with E-state index in [0.717, 1.165) is 33.8 Å². The van der Waals surface area contributed by atoms with Gasteiger partial charge in [0.15, 0.2) is 5.11 Å². The van der Waals surface area contributed by atoms with Crippen LogP contribution in [0.3, 0.4) is 0 Å². The highest BCUT2D eigenvalue weighted by Crippen LogP contribution is 2.43. The van der Waals surface area contributed by atoms with Crippen molar-refractivity contribution in [2.45, 2.75) is 25.9 Å². The summed E-state index contributed by atoms with van der Waals surface area (Å²) in [6.07, 6.45) is 1.77. The number of thiocarbonyl (C=S) groups is 1. The summed E-state index contributed by atoms with van der Waals surface area (Å²) in [5, 5.41) is 13.3. The molecule has 1 aliphatic rings. The Morgan fingerprint density at radius 3 is 2.62 bits per heavy atom. The fourth-order valence-electron chi connectivity index (χ4n) is 4.43. The average molecular weight is 470 g/mol. The Morgan fingerprint density at radius 2 is 1.91 bits per heavy atom. The Kier molecular flexibility index (Phi) is 5.63. The summed E-state index contributed by atoms with van der Waals surface area (Å²) >= 11 is 5.77. The molecule has 0 aliphatic carbocycles. The fraction of sp³-hybridized carbons (Fsp3) is 0.148. The van der Waals surface area contributed by atoms with Gasteiger partial charge in [0.25, 0.3) is 0 Å². The quantitative estimate of drug-likeness (QED) is 0.356. The second-order valence-corrected chi connectivity index (χ2v) is 8.76. The van der Waals surface area contributed by atoms with Gasteiger partial charge in [0.1, 0.15) is 17.6 Å². The van der Waals surface area contributed by atoms with Gasteiger partial charge in [-0.1, -0.05) is 24.3 Å². The van der Waals surface area contributed by atoms with Gasteiger partial charge in [-0.2, -0.15) is 0 Å². The minimum absolute atomic E-state index is 0.205. The Hall–Kier alpha value is -3.97. The standard InChI is InChI=1S/C27H23N3O3S/c1-16-6-5-7-19(14-16)30-25(24(29-27(30)34)21-8-3-4-13-28-21)23-12-11-22(33-23)20-10-9-18(26(31)32)15-17(20)2/h3-15,24-25H,1-2H3,(H,29,34)(H,31,32)/t24-,25-/m1/s1. The molecular formula is C27H23N3O3S. The number of furan rings is 1. The summed E-state index contributed by atoms with van der Waals surface area (Å²) in [5.74, 6) is 0.458. The number of benzene rings is 2. The number of carbonyl (C=O) groups is 1. The first-order valence-corrected chi connectivity index (χ1v) is 11.3. The maximum absolute atomic E-state index is 11.3. The van der Waals surface area contributed by atoms with Gasteiger partial charge in [-0.15, -0.1) is 0 Å². The van der Waals surface area contributed by atoms with Crippen molar-refractivity contribution in [1.29, 1.82) is 0 Å². The lowest BCUT2D eigenvalue weighted by molar-refractivity contribution is 0.0697. The van der Waals surface area contributed by atoms with Crippen LogP contribution in [0.5, 0.6) is 0 Å². The molecule has 2 N–H and O–H groups in total. The molecule has 1 fully saturated rings. The predicted octanol–water partition coefficient (Wildman–Crippen LogP) is 5.83. The van der Waals surface area contributed by atoms with Gasteiger partial charge in [0, 0.05) is 17.4 Å². The van der Waals surface area contributed by atoms with E-state index in [1.54, 1.807) is 24.4 Å². The van der Waals surface area contributed by atoms with Crippen molar-refractivity contribution in [3.8, 4) is 11.3 Å². The number of anilines is 1. The molecule has 170 valence electrons. The molecule has 4 aromatic rings. The van der Waals surface area contributed by atoms with Gasteiger partial charge in [0.2, 0.25) is 0 Å². The maximum atomic E-state index is 11.3. The minimum atomic E-state index is -0.952. The largest absolute Gasteiger partial charge is 0.478 e. The van der Waals surface area contributed by atoms with Crippen molar-refractivity contribution < 1.29 is 14.3 Å². The van der Waals surface area contributed by atoms with E-state index in [-0.39, 0.29) is 17.6 Å². The molecule has 0 saturated carbocycles. The van der Waals surface area contributed by atoms with E-state index in [4.69, 9.17) is 16.6 Å². The monoisotopic (exact) mass is 469 g/mol. The molecule has 0 radical (unpaired) electrons. The number of carboxylic acids is 1. The molecule has 3 heterocycles. The van der Waals surface area contributed by atoms with Crippen LogP contribution in [0.4, 0.5) is 5.69 Å². The topological polar surface area (TPSA) is 78.6 Å². The Bertz CT molecular complexity index is 1380. The summed E-state index contributed by atoms with van der Waals surface area (Å²) in [6, 6.07) is 22.5. The summed E-state index contributed by atoms with van der Waals surface area (Å²) in [6.45, 7) is 3.93. The summed E-state index contributed by atoms with van der Waals surface area (Å²) < 4.78 is 6.40. The highest BCUT2D eigenvalue weighted by atomic mass is 32.1. The zero-order chi connectivity index (χ0) is 23.8. The average Bonchev–Trinajstić information content (AvgIpc) is 3.44. The molecule has 2 atom stereocenters. The lowest BCUT2D eigenvalue weighted by Crippen LogP contribution is -2.29. The maximum Gasteiger partial charge on any atom is 0.335 e. The van der Waals surface area contributed by atoms with Crippen LogP contribution in [-0.4, -0.2) is 21.2 Å². The third-order valence-electron chi connectivity index (χ3n) is 6.04. The summed E-state index contributed by atoms with van der Waals surface area (Å²) in [4.78, 5) is 18.0. The lowest BCUT2D eigenvalue weighted by atomic mass is 10.0. The first kappa shape index (κ1) is 21.9. The molecule has 6 nitrogen and oxygen atoms in total. The second kappa shape index (κ2) is 8.76. The number of rotatable bonds is 5. The van der Waals surface area contributed by atoms with Crippen LogP contribution in [0.1, 0.15) is 45.0 Å². The summed E-state index contributed by atoms with van der Waals surface area (Å²) in [7, 11) is 0. The van der Waals surface area contributed by atoms with E-state index in [2.05, 4.69) is 34.3 Å². The zero-order valence-electron chi connectivity index (χ0n) is 18.7. The molecule has 0 spiro atoms. The van der Waals surface area contributed by atoms with Gasteiger partial charge < -0.3 is 19.7 Å². The van der Waals surface area contributed by atoms with Crippen LogP contribution >= 0.6 is 12.2 Å². The van der Waals surface area contributed by atoms with E-state index in [0.29, 0.717) is 10.9 Å². The molecule has 34 heavy (non-hydrogen) atoms. The number of aromatic nitrogens is 1. The number of carboxylic acid groups (broad SMARTS) is 1. The number of pyridine rings is 1. The molecule has 0 bridgehead atoms. The van der Waals surface area contributed by atoms with Gasteiger partial charge in [0.05, 0.1) is 17.3 Å². The summed E-state index contributed by atoms with van der Waals surface area (Å²) in [5.41, 5.74) is 4.90. The van der Waals surface area contributed by atoms with E-state index in [9.17, 15) is 9.90 Å². The molecule has 1 saturated heterocycles. The highest BCUT2D eigenvalue weighted by molar-refractivity contribution is 7.80. The first-order valence-electron chi connectivity index (χ1n) is 10.9. The van der Waals surface area contributed by atoms with Crippen molar-refractivity contribution in [2.75, 3.05) is 4.90 Å². The molecule has 1 aliphatic heterocycles. The van der Waals surface area contributed by atoms with Crippen LogP contribution in [0, 0.1) is 13.8 Å². The second-order valence-electron chi connectivity index (χ2n) is 8.37. The first-order chi connectivity index (χ1) is 16.4. The normalized spacial score (nSPS) is 17.6. The van der Waals surface area contributed by atoms with Crippen LogP contribution < -0.4 is 10.2 Å². The minimum Gasteiger partial charge on any atom is -0.478 e. The molecule has 0 unspecified atom stereocenters. The smallest absolute Gasteiger partial charge is 0.335 e. The molecular weight excluding hydrogens is 446 g/mol. The third-order valence-corrected chi connectivity index (χ3v) is 6.35. The van der Waals surface area contributed by atoms with E-state index < -0.39 is 5.97 Å². The number of hydrogen-bond acceptors (Lipinski definition) is 4. The van der Waals surface area contributed by atoms with Crippen molar-refractivity contribution in [1.82, 2.24) is 10.3 Å². The molecule has 2 aromatic carbocycles. The highest BCUT2D eigenvalue weighted by Gasteiger charge is 2.42. The van der Waals surface area contributed by atoms with Gasteiger partial charge >= 0.3 is 5.97 Å². The van der Waals surface area contributed by atoms with Crippen LogP contribution in [0.2, 0.25) is 0 Å². The number of hydrogen-bond donors (Lipinski definition) is 2. The third kappa shape index (κ3) is 3.95. The van der Waals surface area contributed by atoms with Gasteiger partial charge in [-0.05, 0) is 85.7 Å².